The van der Waals surface area contributed by atoms with Crippen molar-refractivity contribution >= 4 is 17.4 Å². The van der Waals surface area contributed by atoms with E-state index in [0.29, 0.717) is 67.8 Å². The van der Waals surface area contributed by atoms with Gasteiger partial charge in [-0.05, 0) is 69.2 Å². The number of amides is 1. The van der Waals surface area contributed by atoms with Crippen LogP contribution in [0.2, 0.25) is 0 Å². The van der Waals surface area contributed by atoms with E-state index in [2.05, 4.69) is 0 Å². The highest BCUT2D eigenvalue weighted by atomic mass is 16.5. The Kier molecular flexibility index (Phi) is 9.14. The third-order valence-corrected chi connectivity index (χ3v) is 5.61. The number of aliphatic hydroxyl groups excluding tert-OH is 1. The molecule has 2 aromatic rings. The Morgan fingerprint density at radius 1 is 0.914 bits per heavy atom. The smallest absolute Gasteiger partial charge is 0.295 e. The van der Waals surface area contributed by atoms with Crippen LogP contribution in [0.25, 0.3) is 5.76 Å². The molecule has 0 radical (unpaired) electrons. The summed E-state index contributed by atoms with van der Waals surface area (Å²) in [5.74, 6) is 0.0957. The van der Waals surface area contributed by atoms with E-state index in [1.807, 2.05) is 20.8 Å². The maximum Gasteiger partial charge on any atom is 0.295 e. The van der Waals surface area contributed by atoms with E-state index in [0.717, 1.165) is 0 Å². The first-order valence-electron chi connectivity index (χ1n) is 11.9. The average Bonchev–Trinajstić information content (AvgIpc) is 3.11. The predicted molar refractivity (Wildman–Crippen MR) is 132 cm³/mol. The topological polar surface area (TPSA) is 94.5 Å². The number of carbonyl (C=O) groups is 2. The number of aliphatic hydroxyl groups is 1. The van der Waals surface area contributed by atoms with Crippen LogP contribution >= 0.6 is 0 Å². The second kappa shape index (κ2) is 12.3. The number of likely N-dealkylation sites (tertiary alicyclic amines) is 1. The van der Waals surface area contributed by atoms with Crippen LogP contribution < -0.4 is 14.2 Å². The summed E-state index contributed by atoms with van der Waals surface area (Å²) < 4.78 is 22.0. The molecule has 1 N–H and O–H groups in total. The number of Topliss-reactive ketones (excluding diaryl/α,β-unsaturated/α-hetero) is 1. The summed E-state index contributed by atoms with van der Waals surface area (Å²) in [5.41, 5.74) is 1.09. The standard InChI is InChI=1S/C27H33NO7/c1-5-33-20-12-9-18(10-13-20)25(29)23-24(28(15-8-16-32-4)27(31)26(23)30)19-11-14-21(34-6-2)22(17-19)35-7-3/h9-14,17,24,29H,5-8,15-16H2,1-4H3. The van der Waals surface area contributed by atoms with Gasteiger partial charge in [0.25, 0.3) is 11.7 Å². The molecule has 1 fully saturated rings. The van der Waals surface area contributed by atoms with E-state index in [9.17, 15) is 14.7 Å². The van der Waals surface area contributed by atoms with Crippen molar-refractivity contribution in [2.24, 2.45) is 0 Å². The van der Waals surface area contributed by atoms with E-state index in [1.165, 1.54) is 4.90 Å². The van der Waals surface area contributed by atoms with Gasteiger partial charge in [-0.1, -0.05) is 6.07 Å². The van der Waals surface area contributed by atoms with Crippen molar-refractivity contribution in [1.82, 2.24) is 4.90 Å². The normalized spacial score (nSPS) is 17.0. The van der Waals surface area contributed by atoms with Crippen LogP contribution in [-0.4, -0.2) is 61.8 Å². The number of hydrogen-bond acceptors (Lipinski definition) is 7. The molecule has 188 valence electrons. The molecule has 1 aliphatic heterocycles. The molecule has 0 aliphatic carbocycles. The van der Waals surface area contributed by atoms with Gasteiger partial charge in [0.05, 0.1) is 31.4 Å². The van der Waals surface area contributed by atoms with Gasteiger partial charge < -0.3 is 29.0 Å². The lowest BCUT2D eigenvalue weighted by molar-refractivity contribution is -0.140. The number of ketones is 1. The molecule has 8 nitrogen and oxygen atoms in total. The van der Waals surface area contributed by atoms with Gasteiger partial charge in [0, 0.05) is 25.8 Å². The van der Waals surface area contributed by atoms with Crippen LogP contribution in [0.4, 0.5) is 0 Å². The minimum atomic E-state index is -0.784. The minimum absolute atomic E-state index is 0.0307. The Hall–Kier alpha value is -3.52. The summed E-state index contributed by atoms with van der Waals surface area (Å²) in [6, 6.07) is 11.3. The lowest BCUT2D eigenvalue weighted by atomic mass is 9.95. The summed E-state index contributed by atoms with van der Waals surface area (Å²) in [7, 11) is 1.58. The van der Waals surface area contributed by atoms with E-state index < -0.39 is 17.7 Å². The number of nitrogens with zero attached hydrogens (tertiary/aromatic N) is 1. The summed E-state index contributed by atoms with van der Waals surface area (Å²) in [5, 5.41) is 11.2. The number of ether oxygens (including phenoxy) is 4. The first kappa shape index (κ1) is 26.1. The lowest BCUT2D eigenvalue weighted by Gasteiger charge is -2.26. The molecule has 8 heteroatoms. The number of rotatable bonds is 12. The number of hydrogen-bond donors (Lipinski definition) is 1. The molecule has 1 unspecified atom stereocenters. The van der Waals surface area contributed by atoms with Gasteiger partial charge in [-0.3, -0.25) is 9.59 Å². The molecule has 1 amide bonds. The zero-order valence-electron chi connectivity index (χ0n) is 20.7. The van der Waals surface area contributed by atoms with Crippen molar-refractivity contribution in [3.8, 4) is 17.2 Å². The first-order valence-corrected chi connectivity index (χ1v) is 11.9. The highest BCUT2D eigenvalue weighted by Crippen LogP contribution is 2.42. The molecule has 2 aromatic carbocycles. The highest BCUT2D eigenvalue weighted by molar-refractivity contribution is 6.46. The molecule has 3 rings (SSSR count). The van der Waals surface area contributed by atoms with Crippen LogP contribution in [0.1, 0.15) is 44.4 Å². The molecule has 35 heavy (non-hydrogen) atoms. The third-order valence-electron chi connectivity index (χ3n) is 5.61. The summed E-state index contributed by atoms with van der Waals surface area (Å²) in [4.78, 5) is 27.7. The maximum absolute atomic E-state index is 13.2. The molecule has 1 heterocycles. The third kappa shape index (κ3) is 5.77. The van der Waals surface area contributed by atoms with E-state index >= 15 is 0 Å². The van der Waals surface area contributed by atoms with Crippen LogP contribution in [-0.2, 0) is 14.3 Å². The van der Waals surface area contributed by atoms with Gasteiger partial charge in [0.1, 0.15) is 11.5 Å². The molecule has 1 atom stereocenters. The first-order chi connectivity index (χ1) is 17.0. The zero-order valence-corrected chi connectivity index (χ0v) is 20.7. The second-order valence-corrected chi connectivity index (χ2v) is 7.87. The lowest BCUT2D eigenvalue weighted by Crippen LogP contribution is -2.31. The van der Waals surface area contributed by atoms with Gasteiger partial charge >= 0.3 is 0 Å². The van der Waals surface area contributed by atoms with Crippen LogP contribution in [0.3, 0.4) is 0 Å². The highest BCUT2D eigenvalue weighted by Gasteiger charge is 2.46. The minimum Gasteiger partial charge on any atom is -0.507 e. The monoisotopic (exact) mass is 483 g/mol. The predicted octanol–water partition coefficient (Wildman–Crippen LogP) is 4.34. The molecule has 0 saturated carbocycles. The van der Waals surface area contributed by atoms with Crippen LogP contribution in [0.15, 0.2) is 48.0 Å². The fourth-order valence-electron chi connectivity index (χ4n) is 4.11. The van der Waals surface area contributed by atoms with E-state index in [-0.39, 0.29) is 11.3 Å². The average molecular weight is 484 g/mol. The van der Waals surface area contributed by atoms with Gasteiger partial charge in [-0.15, -0.1) is 0 Å². The van der Waals surface area contributed by atoms with Gasteiger partial charge in [0.15, 0.2) is 11.5 Å². The Balaban J connectivity index is 2.12. The van der Waals surface area contributed by atoms with E-state index in [1.54, 1.807) is 49.6 Å². The van der Waals surface area contributed by atoms with Crippen LogP contribution in [0, 0.1) is 0 Å². The molecule has 1 aliphatic rings. The fraction of sp³-hybridized carbons (Fsp3) is 0.407. The zero-order chi connectivity index (χ0) is 25.4. The van der Waals surface area contributed by atoms with Crippen molar-refractivity contribution in [2.45, 2.75) is 33.2 Å². The summed E-state index contributed by atoms with van der Waals surface area (Å²) in [6.45, 7) is 7.75. The van der Waals surface area contributed by atoms with Crippen molar-refractivity contribution in [3.63, 3.8) is 0 Å². The van der Waals surface area contributed by atoms with E-state index in [4.69, 9.17) is 18.9 Å². The number of carbonyl (C=O) groups excluding carboxylic acids is 2. The Morgan fingerprint density at radius 3 is 2.20 bits per heavy atom. The molecule has 0 spiro atoms. The second-order valence-electron chi connectivity index (χ2n) is 7.87. The maximum atomic E-state index is 13.2. The van der Waals surface area contributed by atoms with Crippen LogP contribution in [0.5, 0.6) is 17.2 Å². The van der Waals surface area contributed by atoms with Crippen molar-refractivity contribution in [1.29, 1.82) is 0 Å². The van der Waals surface area contributed by atoms with Crippen molar-refractivity contribution in [3.05, 3.63) is 59.2 Å². The Bertz CT molecular complexity index is 1060. The largest absolute Gasteiger partial charge is 0.507 e. The van der Waals surface area contributed by atoms with Gasteiger partial charge in [-0.25, -0.2) is 0 Å². The summed E-state index contributed by atoms with van der Waals surface area (Å²) in [6.07, 6.45) is 0.540. The SMILES string of the molecule is CCOc1ccc(C(O)=C2C(=O)C(=O)N(CCCOC)C2c2ccc(OCC)c(OCC)c2)cc1. The number of benzene rings is 2. The molecular formula is C27H33NO7. The van der Waals surface area contributed by atoms with Gasteiger partial charge in [0.2, 0.25) is 0 Å². The molecule has 1 saturated heterocycles. The quantitative estimate of drug-likeness (QED) is 0.208. The van der Waals surface area contributed by atoms with Crippen molar-refractivity contribution in [2.75, 3.05) is 40.1 Å². The van der Waals surface area contributed by atoms with Crippen molar-refractivity contribution < 1.29 is 33.6 Å². The molecule has 0 aromatic heterocycles. The number of methoxy groups -OCH3 is 1. The fourth-order valence-corrected chi connectivity index (χ4v) is 4.11. The summed E-state index contributed by atoms with van der Waals surface area (Å²) >= 11 is 0. The Morgan fingerprint density at radius 2 is 1.57 bits per heavy atom. The molecular weight excluding hydrogens is 450 g/mol. The van der Waals surface area contributed by atoms with Gasteiger partial charge in [-0.2, -0.15) is 0 Å². The Labute approximate surface area is 206 Å². The molecule has 0 bridgehead atoms.